The highest BCUT2D eigenvalue weighted by Gasteiger charge is 2.49. The topological polar surface area (TPSA) is 107 Å². The number of esters is 1. The van der Waals surface area contributed by atoms with Crippen LogP contribution >= 0.6 is 0 Å². The van der Waals surface area contributed by atoms with Crippen molar-refractivity contribution in [3.63, 3.8) is 0 Å². The second-order valence-corrected chi connectivity index (χ2v) is 8.55. The zero-order valence-electron chi connectivity index (χ0n) is 18.1. The Balaban J connectivity index is 1.70. The minimum atomic E-state index is -1.17. The number of rotatable bonds is 5. The van der Waals surface area contributed by atoms with Crippen molar-refractivity contribution in [2.24, 2.45) is 0 Å². The number of aromatic nitrogens is 2. The van der Waals surface area contributed by atoms with E-state index in [2.05, 4.69) is 10.3 Å². The van der Waals surface area contributed by atoms with E-state index in [0.29, 0.717) is 11.5 Å². The van der Waals surface area contributed by atoms with E-state index < -0.39 is 17.4 Å². The minimum absolute atomic E-state index is 0.0529. The number of carbonyl (C=O) groups excluding carboxylic acids is 3. The Morgan fingerprint density at radius 2 is 2.03 bits per heavy atom. The summed E-state index contributed by atoms with van der Waals surface area (Å²) in [6.45, 7) is 3.85. The van der Waals surface area contributed by atoms with Crippen molar-refractivity contribution in [3.05, 3.63) is 41.4 Å². The number of carbonyl (C=O) groups is 3. The first-order valence-electron chi connectivity index (χ1n) is 10.6. The number of hydrogen-bond donors (Lipinski definition) is 1. The van der Waals surface area contributed by atoms with Crippen molar-refractivity contribution >= 4 is 17.8 Å². The molecule has 0 radical (unpaired) electrons. The van der Waals surface area contributed by atoms with Gasteiger partial charge in [-0.2, -0.15) is 0 Å². The Labute approximate surface area is 180 Å². The van der Waals surface area contributed by atoms with Gasteiger partial charge in [-0.15, -0.1) is 0 Å². The maximum absolute atomic E-state index is 13.6. The summed E-state index contributed by atoms with van der Waals surface area (Å²) in [5, 5.41) is 3.15. The summed E-state index contributed by atoms with van der Waals surface area (Å²) in [6, 6.07) is 3.71. The fourth-order valence-corrected chi connectivity index (χ4v) is 4.50. The van der Waals surface area contributed by atoms with Crippen LogP contribution < -0.4 is 5.32 Å². The number of aryl methyl sites for hydroxylation is 1. The van der Waals surface area contributed by atoms with Crippen LogP contribution in [0.2, 0.25) is 0 Å². The first-order chi connectivity index (χ1) is 14.8. The summed E-state index contributed by atoms with van der Waals surface area (Å²) in [5.41, 5.74) is -1.10. The third-order valence-corrected chi connectivity index (χ3v) is 6.28. The number of imidazole rings is 1. The predicted molar refractivity (Wildman–Crippen MR) is 110 cm³/mol. The van der Waals surface area contributed by atoms with Crippen molar-refractivity contribution in [2.45, 2.75) is 70.6 Å². The molecular weight excluding hydrogens is 400 g/mol. The Morgan fingerprint density at radius 3 is 2.68 bits per heavy atom. The number of ether oxygens (including phenoxy) is 1. The molecule has 166 valence electrons. The van der Waals surface area contributed by atoms with Gasteiger partial charge >= 0.3 is 5.97 Å². The van der Waals surface area contributed by atoms with Gasteiger partial charge in [-0.05, 0) is 38.8 Å². The molecule has 2 amide bonds. The second kappa shape index (κ2) is 8.20. The highest BCUT2D eigenvalue weighted by molar-refractivity contribution is 6.06. The monoisotopic (exact) mass is 428 g/mol. The molecule has 1 aliphatic carbocycles. The van der Waals surface area contributed by atoms with Crippen molar-refractivity contribution in [3.8, 4) is 0 Å². The SMILES string of the molecule is COC(=O)c1ncn2c1C(=O)N(Cc1ccc(C)o1)C(C)(C(=O)NC1CCCCC1)C2. The summed E-state index contributed by atoms with van der Waals surface area (Å²) in [4.78, 5) is 44.8. The third kappa shape index (κ3) is 3.84. The van der Waals surface area contributed by atoms with Gasteiger partial charge in [0.2, 0.25) is 5.91 Å². The molecular formula is C22H28N4O5. The molecule has 1 saturated carbocycles. The van der Waals surface area contributed by atoms with Gasteiger partial charge in [0.1, 0.15) is 22.8 Å². The molecule has 3 heterocycles. The van der Waals surface area contributed by atoms with Crippen LogP contribution in [0.5, 0.6) is 0 Å². The van der Waals surface area contributed by atoms with Crippen LogP contribution in [0.4, 0.5) is 0 Å². The highest BCUT2D eigenvalue weighted by atomic mass is 16.5. The Hall–Kier alpha value is -3.10. The van der Waals surface area contributed by atoms with Crippen molar-refractivity contribution in [1.29, 1.82) is 0 Å². The summed E-state index contributed by atoms with van der Waals surface area (Å²) in [7, 11) is 1.24. The first-order valence-corrected chi connectivity index (χ1v) is 10.6. The van der Waals surface area contributed by atoms with Crippen LogP contribution in [0.15, 0.2) is 22.9 Å². The molecule has 2 aromatic rings. The van der Waals surface area contributed by atoms with Gasteiger partial charge in [0.05, 0.1) is 26.5 Å². The van der Waals surface area contributed by atoms with E-state index in [4.69, 9.17) is 9.15 Å². The quantitative estimate of drug-likeness (QED) is 0.733. The third-order valence-electron chi connectivity index (χ3n) is 6.28. The number of hydrogen-bond acceptors (Lipinski definition) is 6. The number of amides is 2. The lowest BCUT2D eigenvalue weighted by atomic mass is 9.91. The largest absolute Gasteiger partial charge is 0.464 e. The molecule has 31 heavy (non-hydrogen) atoms. The van der Waals surface area contributed by atoms with Crippen LogP contribution in [0.25, 0.3) is 0 Å². The van der Waals surface area contributed by atoms with E-state index in [1.807, 2.05) is 13.0 Å². The van der Waals surface area contributed by atoms with E-state index in [1.165, 1.54) is 24.8 Å². The van der Waals surface area contributed by atoms with E-state index in [9.17, 15) is 14.4 Å². The van der Waals surface area contributed by atoms with Crippen LogP contribution in [0, 0.1) is 6.92 Å². The smallest absolute Gasteiger partial charge is 0.359 e. The predicted octanol–water partition coefficient (Wildman–Crippen LogP) is 2.43. The van der Waals surface area contributed by atoms with Crippen molar-refractivity contribution in [1.82, 2.24) is 19.8 Å². The maximum Gasteiger partial charge on any atom is 0.359 e. The van der Waals surface area contributed by atoms with Gasteiger partial charge < -0.3 is 23.9 Å². The number of nitrogens with one attached hydrogen (secondary N) is 1. The van der Waals surface area contributed by atoms with E-state index in [-0.39, 0.29) is 36.4 Å². The van der Waals surface area contributed by atoms with E-state index in [1.54, 1.807) is 17.6 Å². The number of furan rings is 1. The van der Waals surface area contributed by atoms with Gasteiger partial charge in [0, 0.05) is 6.04 Å². The van der Waals surface area contributed by atoms with Crippen molar-refractivity contribution < 1.29 is 23.5 Å². The average molecular weight is 428 g/mol. The molecule has 4 rings (SSSR count). The fourth-order valence-electron chi connectivity index (χ4n) is 4.50. The highest BCUT2D eigenvalue weighted by Crippen LogP contribution is 2.31. The molecule has 1 N–H and O–H groups in total. The number of nitrogens with zero attached hydrogens (tertiary/aromatic N) is 3. The summed E-state index contributed by atoms with van der Waals surface area (Å²) in [6.07, 6.45) is 6.65. The lowest BCUT2D eigenvalue weighted by Gasteiger charge is -2.44. The Bertz CT molecular complexity index is 1000. The van der Waals surface area contributed by atoms with Gasteiger partial charge in [-0.25, -0.2) is 9.78 Å². The molecule has 0 aromatic carbocycles. The van der Waals surface area contributed by atoms with Crippen LogP contribution in [-0.2, 0) is 22.6 Å². The lowest BCUT2D eigenvalue weighted by molar-refractivity contribution is -0.134. The molecule has 2 aromatic heterocycles. The first kappa shape index (κ1) is 21.1. The lowest BCUT2D eigenvalue weighted by Crippen LogP contribution is -2.64. The summed E-state index contributed by atoms with van der Waals surface area (Å²) < 4.78 is 12.0. The van der Waals surface area contributed by atoms with Crippen LogP contribution in [0.3, 0.4) is 0 Å². The molecule has 1 atom stereocenters. The van der Waals surface area contributed by atoms with Gasteiger partial charge in [0.25, 0.3) is 5.91 Å². The van der Waals surface area contributed by atoms with Crippen molar-refractivity contribution in [2.75, 3.05) is 7.11 Å². The zero-order valence-corrected chi connectivity index (χ0v) is 18.1. The number of fused-ring (bicyclic) bond motifs is 1. The minimum Gasteiger partial charge on any atom is -0.464 e. The fraction of sp³-hybridized carbons (Fsp3) is 0.545. The Morgan fingerprint density at radius 1 is 1.29 bits per heavy atom. The number of methoxy groups -OCH3 is 1. The molecule has 1 unspecified atom stereocenters. The molecule has 0 spiro atoms. The summed E-state index contributed by atoms with van der Waals surface area (Å²) >= 11 is 0. The van der Waals surface area contributed by atoms with Crippen LogP contribution in [-0.4, -0.2) is 50.9 Å². The molecule has 0 bridgehead atoms. The molecule has 0 saturated heterocycles. The van der Waals surface area contributed by atoms with E-state index >= 15 is 0 Å². The van der Waals surface area contributed by atoms with Crippen LogP contribution in [0.1, 0.15) is 71.5 Å². The zero-order chi connectivity index (χ0) is 22.2. The average Bonchev–Trinajstić information content (AvgIpc) is 3.37. The second-order valence-electron chi connectivity index (χ2n) is 8.55. The van der Waals surface area contributed by atoms with Gasteiger partial charge in [0.15, 0.2) is 5.69 Å². The van der Waals surface area contributed by atoms with E-state index in [0.717, 1.165) is 25.7 Å². The Kier molecular flexibility index (Phi) is 5.60. The standard InChI is InChI=1S/C22H28N4O5/c1-14-9-10-16(31-14)11-26-19(27)18-17(20(28)30-3)23-13-25(18)12-22(26,2)21(29)24-15-7-5-4-6-8-15/h9-10,13,15H,4-8,11-12H2,1-3H3,(H,24,29). The molecule has 1 aliphatic heterocycles. The molecule has 1 fully saturated rings. The van der Waals surface area contributed by atoms with Gasteiger partial charge in [-0.1, -0.05) is 19.3 Å². The molecule has 2 aliphatic rings. The normalized spacial score (nSPS) is 21.6. The molecule has 9 heteroatoms. The van der Waals surface area contributed by atoms with Gasteiger partial charge in [-0.3, -0.25) is 9.59 Å². The summed E-state index contributed by atoms with van der Waals surface area (Å²) in [5.74, 6) is -0.0797. The maximum atomic E-state index is 13.6. The molecule has 9 nitrogen and oxygen atoms in total.